The Kier molecular flexibility index (Phi) is 3.58. The van der Waals surface area contributed by atoms with Crippen LogP contribution in [0.4, 0.5) is 0 Å². The molecule has 0 aliphatic rings. The van der Waals surface area contributed by atoms with Gasteiger partial charge in [-0.15, -0.1) is 5.10 Å². The van der Waals surface area contributed by atoms with E-state index in [9.17, 15) is 0 Å². The average Bonchev–Trinajstić information content (AvgIpc) is 2.47. The van der Waals surface area contributed by atoms with E-state index in [0.717, 1.165) is 12.2 Å². The second kappa shape index (κ2) is 4.49. The molecule has 3 N–H and O–H groups in total. The minimum absolute atomic E-state index is 0.353. The summed E-state index contributed by atoms with van der Waals surface area (Å²) in [5, 5.41) is 7.20. The first-order valence-electron chi connectivity index (χ1n) is 3.95. The molecule has 0 aliphatic carbocycles. The van der Waals surface area contributed by atoms with Gasteiger partial charge in [0.1, 0.15) is 0 Å². The molecule has 0 aliphatic heterocycles. The number of hydrogen-bond donors (Lipinski definition) is 2. The van der Waals surface area contributed by atoms with Crippen molar-refractivity contribution in [1.29, 1.82) is 0 Å². The van der Waals surface area contributed by atoms with Crippen molar-refractivity contribution in [2.75, 3.05) is 6.54 Å². The molecule has 1 heterocycles. The maximum atomic E-state index is 5.46. The molecule has 1 rings (SSSR count). The van der Waals surface area contributed by atoms with Crippen LogP contribution in [0.2, 0.25) is 0 Å². The number of nitrogens with two attached hydrogens (primary N) is 1. The lowest BCUT2D eigenvalue weighted by molar-refractivity contribution is 0.558. The summed E-state index contributed by atoms with van der Waals surface area (Å²) in [5.74, 6) is 0. The Morgan fingerprint density at radius 2 is 2.42 bits per heavy atom. The molecule has 5 heteroatoms. The summed E-state index contributed by atoms with van der Waals surface area (Å²) in [4.78, 5) is 1.19. The number of aryl methyl sites for hydroxylation is 1. The van der Waals surface area contributed by atoms with E-state index < -0.39 is 0 Å². The molecule has 0 spiro atoms. The minimum Gasteiger partial charge on any atom is -0.329 e. The summed E-state index contributed by atoms with van der Waals surface area (Å²) in [7, 11) is 0. The Bertz CT molecular complexity index is 235. The predicted molar refractivity (Wildman–Crippen MR) is 50.0 cm³/mol. The Hall–Kier alpha value is -0.520. The minimum atomic E-state index is 0.353. The van der Waals surface area contributed by atoms with Crippen molar-refractivity contribution >= 4 is 11.5 Å². The zero-order valence-electron chi connectivity index (χ0n) is 7.37. The topological polar surface area (TPSA) is 63.8 Å². The highest BCUT2D eigenvalue weighted by Crippen LogP contribution is 2.07. The van der Waals surface area contributed by atoms with Crippen LogP contribution >= 0.6 is 11.5 Å². The van der Waals surface area contributed by atoms with Crippen molar-refractivity contribution in [3.8, 4) is 0 Å². The summed E-state index contributed by atoms with van der Waals surface area (Å²) < 4.78 is 3.85. The van der Waals surface area contributed by atoms with Gasteiger partial charge in [-0.25, -0.2) is 0 Å². The Balaban J connectivity index is 2.38. The summed E-state index contributed by atoms with van der Waals surface area (Å²) >= 11 is 1.44. The van der Waals surface area contributed by atoms with E-state index in [1.54, 1.807) is 0 Å². The maximum absolute atomic E-state index is 5.46. The fourth-order valence-electron chi connectivity index (χ4n) is 0.763. The summed E-state index contributed by atoms with van der Waals surface area (Å²) in [6.07, 6.45) is 0. The molecule has 0 saturated heterocycles. The van der Waals surface area contributed by atoms with Crippen LogP contribution in [0.3, 0.4) is 0 Å². The maximum Gasteiger partial charge on any atom is 0.0769 e. The molecule has 1 aromatic rings. The van der Waals surface area contributed by atoms with Crippen molar-refractivity contribution in [3.63, 3.8) is 0 Å². The zero-order valence-corrected chi connectivity index (χ0v) is 8.19. The van der Waals surface area contributed by atoms with Crippen molar-refractivity contribution in [1.82, 2.24) is 14.9 Å². The standard InChI is InChI=1S/C7H14N4S/c1-5(3-8)9-4-7-6(2)10-11-12-7/h5,9H,3-4,8H2,1-2H3/t5-/m1/s1. The van der Waals surface area contributed by atoms with Gasteiger partial charge in [-0.05, 0) is 25.4 Å². The second-order valence-corrected chi connectivity index (χ2v) is 3.64. The largest absolute Gasteiger partial charge is 0.329 e. The van der Waals surface area contributed by atoms with Gasteiger partial charge in [0.25, 0.3) is 0 Å². The molecule has 4 nitrogen and oxygen atoms in total. The fourth-order valence-corrected chi connectivity index (χ4v) is 1.35. The van der Waals surface area contributed by atoms with Crippen molar-refractivity contribution in [3.05, 3.63) is 10.6 Å². The van der Waals surface area contributed by atoms with E-state index in [1.165, 1.54) is 16.4 Å². The first kappa shape index (κ1) is 9.57. The van der Waals surface area contributed by atoms with Crippen LogP contribution in [-0.2, 0) is 6.54 Å². The first-order valence-corrected chi connectivity index (χ1v) is 4.72. The van der Waals surface area contributed by atoms with Crippen LogP contribution in [0.15, 0.2) is 0 Å². The van der Waals surface area contributed by atoms with Gasteiger partial charge in [0.2, 0.25) is 0 Å². The van der Waals surface area contributed by atoms with Gasteiger partial charge in [-0.3, -0.25) is 0 Å². The third-order valence-electron chi connectivity index (χ3n) is 1.71. The van der Waals surface area contributed by atoms with E-state index in [-0.39, 0.29) is 0 Å². The molecule has 0 fully saturated rings. The third-order valence-corrected chi connectivity index (χ3v) is 2.53. The Labute approximate surface area is 76.3 Å². The molecule has 1 aromatic heterocycles. The van der Waals surface area contributed by atoms with Crippen molar-refractivity contribution in [2.45, 2.75) is 26.4 Å². The molecule has 0 saturated carbocycles. The third kappa shape index (κ3) is 2.51. The second-order valence-electron chi connectivity index (χ2n) is 2.80. The zero-order chi connectivity index (χ0) is 8.97. The Morgan fingerprint density at radius 3 is 2.92 bits per heavy atom. The lowest BCUT2D eigenvalue weighted by Gasteiger charge is -2.09. The smallest absolute Gasteiger partial charge is 0.0769 e. The summed E-state index contributed by atoms with van der Waals surface area (Å²) in [6.45, 7) is 5.50. The van der Waals surface area contributed by atoms with Gasteiger partial charge in [0, 0.05) is 19.1 Å². The molecular formula is C7H14N4S. The SMILES string of the molecule is Cc1nnsc1CN[C@H](C)CN. The van der Waals surface area contributed by atoms with Gasteiger partial charge < -0.3 is 11.1 Å². The quantitative estimate of drug-likeness (QED) is 0.709. The summed E-state index contributed by atoms with van der Waals surface area (Å²) in [6, 6.07) is 0.353. The first-order chi connectivity index (χ1) is 5.74. The average molecular weight is 186 g/mol. The fraction of sp³-hybridized carbons (Fsp3) is 0.714. The van der Waals surface area contributed by atoms with E-state index in [0.29, 0.717) is 12.6 Å². The summed E-state index contributed by atoms with van der Waals surface area (Å²) in [5.41, 5.74) is 6.47. The highest BCUT2D eigenvalue weighted by molar-refractivity contribution is 7.05. The molecule has 0 radical (unpaired) electrons. The highest BCUT2D eigenvalue weighted by atomic mass is 32.1. The van der Waals surface area contributed by atoms with Gasteiger partial charge in [-0.1, -0.05) is 4.49 Å². The van der Waals surface area contributed by atoms with Gasteiger partial charge in [0.15, 0.2) is 0 Å². The molecule has 1 atom stereocenters. The monoisotopic (exact) mass is 186 g/mol. The van der Waals surface area contributed by atoms with E-state index in [2.05, 4.69) is 21.8 Å². The molecule has 68 valence electrons. The van der Waals surface area contributed by atoms with Crippen LogP contribution in [0.25, 0.3) is 0 Å². The molecule has 12 heavy (non-hydrogen) atoms. The molecule has 0 unspecified atom stereocenters. The van der Waals surface area contributed by atoms with Crippen LogP contribution < -0.4 is 11.1 Å². The van der Waals surface area contributed by atoms with E-state index in [4.69, 9.17) is 5.73 Å². The number of nitrogens with one attached hydrogen (secondary N) is 1. The molecule has 0 aromatic carbocycles. The van der Waals surface area contributed by atoms with Crippen molar-refractivity contribution < 1.29 is 0 Å². The molecule has 0 bridgehead atoms. The molecule has 0 amide bonds. The number of rotatable bonds is 4. The van der Waals surface area contributed by atoms with Crippen LogP contribution in [0, 0.1) is 6.92 Å². The number of hydrogen-bond acceptors (Lipinski definition) is 5. The Morgan fingerprint density at radius 1 is 1.67 bits per heavy atom. The van der Waals surface area contributed by atoms with Crippen molar-refractivity contribution in [2.24, 2.45) is 5.73 Å². The highest BCUT2D eigenvalue weighted by Gasteiger charge is 2.03. The van der Waals surface area contributed by atoms with Gasteiger partial charge >= 0.3 is 0 Å². The predicted octanol–water partition coefficient (Wildman–Crippen LogP) is 0.283. The van der Waals surface area contributed by atoms with Gasteiger partial charge in [0.05, 0.1) is 10.6 Å². The van der Waals surface area contributed by atoms with E-state index in [1.807, 2.05) is 6.92 Å². The molecular weight excluding hydrogens is 172 g/mol. The number of aromatic nitrogens is 2. The van der Waals surface area contributed by atoms with Crippen LogP contribution in [0.1, 0.15) is 17.5 Å². The van der Waals surface area contributed by atoms with Crippen LogP contribution in [-0.4, -0.2) is 22.2 Å². The van der Waals surface area contributed by atoms with E-state index >= 15 is 0 Å². The normalized spacial score (nSPS) is 13.2. The lowest BCUT2D eigenvalue weighted by atomic mass is 10.3. The lowest BCUT2D eigenvalue weighted by Crippen LogP contribution is -2.32. The van der Waals surface area contributed by atoms with Gasteiger partial charge in [-0.2, -0.15) is 0 Å². The van der Waals surface area contributed by atoms with Crippen LogP contribution in [0.5, 0.6) is 0 Å². The number of nitrogens with zero attached hydrogens (tertiary/aromatic N) is 2.